The van der Waals surface area contributed by atoms with Crippen LogP contribution in [-0.4, -0.2) is 34.6 Å². The van der Waals surface area contributed by atoms with Crippen LogP contribution in [0.5, 0.6) is 0 Å². The first-order valence-electron chi connectivity index (χ1n) is 5.75. The van der Waals surface area contributed by atoms with Crippen molar-refractivity contribution in [2.24, 2.45) is 0 Å². The summed E-state index contributed by atoms with van der Waals surface area (Å²) in [5.41, 5.74) is -1.56. The van der Waals surface area contributed by atoms with E-state index in [0.29, 0.717) is 6.07 Å². The third kappa shape index (κ3) is 2.73. The number of aliphatic hydroxyl groups excluding tert-OH is 1. The average molecular weight is 287 g/mol. The van der Waals surface area contributed by atoms with Crippen LogP contribution in [0, 0.1) is 21.7 Å². The number of nitrogens with zero attached hydrogens (tertiary/aromatic N) is 1. The summed E-state index contributed by atoms with van der Waals surface area (Å²) in [5.74, 6) is -3.56. The molecule has 1 aliphatic heterocycles. The second kappa shape index (κ2) is 5.47. The number of anilines is 1. The molecule has 0 saturated carbocycles. The summed E-state index contributed by atoms with van der Waals surface area (Å²) in [6.45, 7) is 0.186. The van der Waals surface area contributed by atoms with Gasteiger partial charge in [0.25, 0.3) is 5.69 Å². The Morgan fingerprint density at radius 3 is 2.75 bits per heavy atom. The van der Waals surface area contributed by atoms with E-state index in [0.717, 1.165) is 6.07 Å². The number of hydrogen-bond donors (Lipinski definition) is 3. The van der Waals surface area contributed by atoms with Crippen LogP contribution in [0.25, 0.3) is 0 Å². The number of nitro groups is 1. The van der Waals surface area contributed by atoms with Crippen molar-refractivity contribution in [1.82, 2.24) is 5.32 Å². The first-order chi connectivity index (χ1) is 9.40. The maximum atomic E-state index is 13.6. The highest BCUT2D eigenvalue weighted by atomic mass is 19.2. The van der Waals surface area contributed by atoms with Crippen molar-refractivity contribution >= 4 is 17.3 Å². The number of carbonyl (C=O) groups is 1. The lowest BCUT2D eigenvalue weighted by Crippen LogP contribution is -2.36. The maximum absolute atomic E-state index is 13.6. The Kier molecular flexibility index (Phi) is 3.91. The molecule has 7 nitrogen and oxygen atoms in total. The van der Waals surface area contributed by atoms with Gasteiger partial charge in [0.2, 0.25) is 5.91 Å². The molecular formula is C11H11F2N3O4. The molecule has 1 saturated heterocycles. The molecule has 1 heterocycles. The van der Waals surface area contributed by atoms with E-state index in [9.17, 15) is 28.8 Å². The second-order valence-electron chi connectivity index (χ2n) is 4.35. The predicted molar refractivity (Wildman–Crippen MR) is 64.1 cm³/mol. The topological polar surface area (TPSA) is 104 Å². The van der Waals surface area contributed by atoms with Crippen molar-refractivity contribution < 1.29 is 23.6 Å². The lowest BCUT2D eigenvalue weighted by atomic mass is 10.1. The van der Waals surface area contributed by atoms with E-state index in [4.69, 9.17) is 0 Å². The minimum atomic E-state index is -1.49. The fraction of sp³-hybridized carbons (Fsp3) is 0.364. The standard InChI is InChI=1S/C11H11F2N3O4/c12-6-1-2-8(16(19)20)10(9(6)13)15-11(18)7-3-5(17)4-14-7/h1-2,5,7,14,17H,3-4H2,(H,15,18). The van der Waals surface area contributed by atoms with Crippen molar-refractivity contribution in [1.29, 1.82) is 0 Å². The monoisotopic (exact) mass is 287 g/mol. The van der Waals surface area contributed by atoms with Gasteiger partial charge in [-0.3, -0.25) is 14.9 Å². The molecule has 108 valence electrons. The molecule has 1 aromatic carbocycles. The molecule has 2 rings (SSSR count). The van der Waals surface area contributed by atoms with Crippen LogP contribution in [0.2, 0.25) is 0 Å². The SMILES string of the molecule is O=C(Nc1c([N+](=O)[O-])ccc(F)c1F)C1CC(O)CN1. The number of carbonyl (C=O) groups excluding carboxylic acids is 1. The second-order valence-corrected chi connectivity index (χ2v) is 4.35. The Balaban J connectivity index is 2.26. The number of nitrogens with one attached hydrogen (secondary N) is 2. The smallest absolute Gasteiger partial charge is 0.296 e. The van der Waals surface area contributed by atoms with Gasteiger partial charge in [-0.2, -0.15) is 0 Å². The van der Waals surface area contributed by atoms with Crippen LogP contribution in [-0.2, 0) is 4.79 Å². The number of amides is 1. The highest BCUT2D eigenvalue weighted by molar-refractivity contribution is 5.97. The maximum Gasteiger partial charge on any atom is 0.296 e. The zero-order valence-corrected chi connectivity index (χ0v) is 10.1. The van der Waals surface area contributed by atoms with Crippen LogP contribution in [0.1, 0.15) is 6.42 Å². The fourth-order valence-corrected chi connectivity index (χ4v) is 1.94. The molecule has 20 heavy (non-hydrogen) atoms. The third-order valence-electron chi connectivity index (χ3n) is 2.94. The average Bonchev–Trinajstić information content (AvgIpc) is 2.81. The first kappa shape index (κ1) is 14.3. The molecule has 0 aromatic heterocycles. The van der Waals surface area contributed by atoms with Crippen LogP contribution in [0.3, 0.4) is 0 Å². The largest absolute Gasteiger partial charge is 0.392 e. The zero-order valence-electron chi connectivity index (χ0n) is 10.1. The number of halogens is 2. The summed E-state index contributed by atoms with van der Waals surface area (Å²) in [7, 11) is 0. The highest BCUT2D eigenvalue weighted by Gasteiger charge is 2.31. The molecule has 0 bridgehead atoms. The van der Waals surface area contributed by atoms with Gasteiger partial charge < -0.3 is 15.7 Å². The third-order valence-corrected chi connectivity index (χ3v) is 2.94. The van der Waals surface area contributed by atoms with E-state index >= 15 is 0 Å². The van der Waals surface area contributed by atoms with Crippen LogP contribution < -0.4 is 10.6 Å². The van der Waals surface area contributed by atoms with Gasteiger partial charge in [-0.1, -0.05) is 0 Å². The van der Waals surface area contributed by atoms with Crippen molar-refractivity contribution in [2.75, 3.05) is 11.9 Å². The number of rotatable bonds is 3. The normalized spacial score (nSPS) is 21.8. The summed E-state index contributed by atoms with van der Waals surface area (Å²) >= 11 is 0. The number of nitro benzene ring substituents is 1. The van der Waals surface area contributed by atoms with Gasteiger partial charge in [-0.15, -0.1) is 0 Å². The van der Waals surface area contributed by atoms with Crippen molar-refractivity contribution in [2.45, 2.75) is 18.6 Å². The summed E-state index contributed by atoms with van der Waals surface area (Å²) in [4.78, 5) is 21.6. The first-order valence-corrected chi connectivity index (χ1v) is 5.75. The zero-order chi connectivity index (χ0) is 14.9. The van der Waals surface area contributed by atoms with Gasteiger partial charge >= 0.3 is 0 Å². The van der Waals surface area contributed by atoms with Gasteiger partial charge in [0.15, 0.2) is 17.3 Å². The molecule has 1 fully saturated rings. The summed E-state index contributed by atoms with van der Waals surface area (Å²) in [5, 5.41) is 24.7. The molecule has 2 unspecified atom stereocenters. The number of β-amino-alcohol motifs (C(OH)–C–C–N with tert-alkyl or cyclic N) is 1. The molecule has 0 radical (unpaired) electrons. The summed E-state index contributed by atoms with van der Waals surface area (Å²) in [6, 6.07) is 0.568. The Morgan fingerprint density at radius 1 is 1.50 bits per heavy atom. The van der Waals surface area contributed by atoms with Gasteiger partial charge in [-0.05, 0) is 12.5 Å². The summed E-state index contributed by atoms with van der Waals surface area (Å²) < 4.78 is 26.7. The lowest BCUT2D eigenvalue weighted by molar-refractivity contribution is -0.384. The van der Waals surface area contributed by atoms with Gasteiger partial charge in [0.1, 0.15) is 0 Å². The Bertz CT molecular complexity index is 567. The van der Waals surface area contributed by atoms with E-state index in [1.807, 2.05) is 5.32 Å². The number of aliphatic hydroxyl groups is 1. The Morgan fingerprint density at radius 2 is 2.20 bits per heavy atom. The molecule has 9 heteroatoms. The van der Waals surface area contributed by atoms with E-state index in [1.165, 1.54) is 0 Å². The molecule has 1 aliphatic rings. The Hall–Kier alpha value is -2.13. The minimum absolute atomic E-state index is 0.0938. The summed E-state index contributed by atoms with van der Waals surface area (Å²) in [6.07, 6.45) is -0.630. The molecule has 0 aliphatic carbocycles. The van der Waals surface area contributed by atoms with Crippen LogP contribution in [0.4, 0.5) is 20.2 Å². The fourth-order valence-electron chi connectivity index (χ4n) is 1.94. The van der Waals surface area contributed by atoms with E-state index in [-0.39, 0.29) is 13.0 Å². The van der Waals surface area contributed by atoms with Crippen molar-refractivity contribution in [3.05, 3.63) is 33.9 Å². The van der Waals surface area contributed by atoms with E-state index in [1.54, 1.807) is 0 Å². The van der Waals surface area contributed by atoms with E-state index < -0.39 is 46.0 Å². The number of benzene rings is 1. The molecular weight excluding hydrogens is 276 g/mol. The molecule has 1 amide bonds. The van der Waals surface area contributed by atoms with Gasteiger partial charge in [-0.25, -0.2) is 8.78 Å². The Labute approximate surface area is 111 Å². The van der Waals surface area contributed by atoms with Crippen molar-refractivity contribution in [3.8, 4) is 0 Å². The quantitative estimate of drug-likeness (QED) is 0.556. The molecule has 1 aromatic rings. The molecule has 2 atom stereocenters. The predicted octanol–water partition coefficient (Wildman–Crippen LogP) is 0.534. The minimum Gasteiger partial charge on any atom is -0.392 e. The number of hydrogen-bond acceptors (Lipinski definition) is 5. The molecule has 3 N–H and O–H groups in total. The highest BCUT2D eigenvalue weighted by Crippen LogP contribution is 2.29. The van der Waals surface area contributed by atoms with E-state index in [2.05, 4.69) is 5.32 Å². The van der Waals surface area contributed by atoms with Crippen LogP contribution >= 0.6 is 0 Å². The van der Waals surface area contributed by atoms with Crippen molar-refractivity contribution in [3.63, 3.8) is 0 Å². The van der Waals surface area contributed by atoms with Gasteiger partial charge in [0.05, 0.1) is 17.1 Å². The molecule has 0 spiro atoms. The van der Waals surface area contributed by atoms with Gasteiger partial charge in [0, 0.05) is 12.6 Å². The lowest BCUT2D eigenvalue weighted by Gasteiger charge is -2.12. The van der Waals surface area contributed by atoms with Crippen LogP contribution in [0.15, 0.2) is 12.1 Å².